The third-order valence-corrected chi connectivity index (χ3v) is 5.84. The van der Waals surface area contributed by atoms with Crippen LogP contribution in [0.15, 0.2) is 60.7 Å². The van der Waals surface area contributed by atoms with Crippen molar-refractivity contribution in [3.05, 3.63) is 77.4 Å². The summed E-state index contributed by atoms with van der Waals surface area (Å²) in [5, 5.41) is 2.14. The molecule has 4 nitrogen and oxygen atoms in total. The van der Waals surface area contributed by atoms with Crippen LogP contribution in [0.1, 0.15) is 21.5 Å². The van der Waals surface area contributed by atoms with Gasteiger partial charge in [0.15, 0.2) is 5.78 Å². The molecule has 3 aromatic rings. The number of ether oxygens (including phenoxy) is 1. The van der Waals surface area contributed by atoms with Gasteiger partial charge in [-0.25, -0.2) is 0 Å². The highest BCUT2D eigenvalue weighted by atomic mass is 16.5. The van der Waals surface area contributed by atoms with E-state index in [4.69, 9.17) is 4.74 Å². The summed E-state index contributed by atoms with van der Waals surface area (Å²) in [7, 11) is 3.76. The highest BCUT2D eigenvalue weighted by molar-refractivity contribution is 6.03. The maximum atomic E-state index is 13.5. The molecule has 0 saturated carbocycles. The van der Waals surface area contributed by atoms with E-state index in [0.717, 1.165) is 48.3 Å². The largest absolute Gasteiger partial charge is 0.497 e. The summed E-state index contributed by atoms with van der Waals surface area (Å²) in [5.41, 5.74) is 3.29. The SMILES string of the molecule is COc1ccc2cc(C(=O)C3CN(C)CCN3Cc3ccc(C)cc3)ccc2c1. The average Bonchev–Trinajstić information content (AvgIpc) is 2.75. The molecule has 4 rings (SSSR count). The maximum absolute atomic E-state index is 13.5. The molecule has 0 aliphatic carbocycles. The molecule has 150 valence electrons. The van der Waals surface area contributed by atoms with Gasteiger partial charge in [0, 0.05) is 31.7 Å². The first kappa shape index (κ1) is 19.6. The molecule has 1 saturated heterocycles. The van der Waals surface area contributed by atoms with Crippen LogP contribution in [0.4, 0.5) is 0 Å². The molecule has 29 heavy (non-hydrogen) atoms. The zero-order valence-corrected chi connectivity index (χ0v) is 17.4. The van der Waals surface area contributed by atoms with Gasteiger partial charge in [0.1, 0.15) is 5.75 Å². The Morgan fingerprint density at radius 2 is 1.72 bits per heavy atom. The summed E-state index contributed by atoms with van der Waals surface area (Å²) in [5.74, 6) is 1.02. The number of aryl methyl sites for hydroxylation is 1. The lowest BCUT2D eigenvalue weighted by atomic mass is 9.97. The molecule has 0 spiro atoms. The van der Waals surface area contributed by atoms with Crippen LogP contribution in [0.2, 0.25) is 0 Å². The lowest BCUT2D eigenvalue weighted by Crippen LogP contribution is -2.54. The topological polar surface area (TPSA) is 32.8 Å². The summed E-state index contributed by atoms with van der Waals surface area (Å²) in [6, 6.07) is 20.4. The molecule has 1 fully saturated rings. The first-order valence-electron chi connectivity index (χ1n) is 10.1. The predicted molar refractivity (Wildman–Crippen MR) is 118 cm³/mol. The number of likely N-dealkylation sites (N-methyl/N-ethyl adjacent to an activating group) is 1. The van der Waals surface area contributed by atoms with Crippen LogP contribution in [0.25, 0.3) is 10.8 Å². The molecule has 3 aromatic carbocycles. The number of carbonyl (C=O) groups excluding carboxylic acids is 1. The fourth-order valence-electron chi connectivity index (χ4n) is 4.02. The van der Waals surface area contributed by atoms with Gasteiger partial charge in [-0.3, -0.25) is 9.69 Å². The van der Waals surface area contributed by atoms with Gasteiger partial charge in [0.2, 0.25) is 0 Å². The Morgan fingerprint density at radius 1 is 1.00 bits per heavy atom. The summed E-state index contributed by atoms with van der Waals surface area (Å²) in [4.78, 5) is 18.0. The maximum Gasteiger partial charge on any atom is 0.181 e. The molecule has 1 aliphatic heterocycles. The zero-order chi connectivity index (χ0) is 20.4. The van der Waals surface area contributed by atoms with Crippen molar-refractivity contribution >= 4 is 16.6 Å². The van der Waals surface area contributed by atoms with E-state index in [1.165, 1.54) is 11.1 Å². The molecule has 1 aliphatic rings. The van der Waals surface area contributed by atoms with Gasteiger partial charge in [0.25, 0.3) is 0 Å². The molecule has 0 N–H and O–H groups in total. The van der Waals surface area contributed by atoms with Crippen molar-refractivity contribution in [2.24, 2.45) is 0 Å². The molecular weight excluding hydrogens is 360 g/mol. The van der Waals surface area contributed by atoms with Gasteiger partial charge in [-0.05, 0) is 48.5 Å². The number of hydrogen-bond donors (Lipinski definition) is 0. The number of fused-ring (bicyclic) bond motifs is 1. The minimum absolute atomic E-state index is 0.134. The molecule has 0 aromatic heterocycles. The van der Waals surface area contributed by atoms with Crippen molar-refractivity contribution in [2.75, 3.05) is 33.8 Å². The van der Waals surface area contributed by atoms with E-state index in [9.17, 15) is 4.79 Å². The standard InChI is InChI=1S/C25H28N2O2/c1-18-4-6-19(7-5-18)16-27-13-12-26(2)17-24(27)25(28)22-9-8-21-15-23(29-3)11-10-20(21)14-22/h4-11,14-15,24H,12-13,16-17H2,1-3H3. The smallest absolute Gasteiger partial charge is 0.181 e. The molecule has 1 heterocycles. The number of Topliss-reactive ketones (excluding diaryl/α,β-unsaturated/α-hetero) is 1. The van der Waals surface area contributed by atoms with Gasteiger partial charge >= 0.3 is 0 Å². The number of carbonyl (C=O) groups is 1. The van der Waals surface area contributed by atoms with Gasteiger partial charge in [0.05, 0.1) is 13.2 Å². The second-order valence-electron chi connectivity index (χ2n) is 8.03. The number of ketones is 1. The van der Waals surface area contributed by atoms with Crippen molar-refractivity contribution in [2.45, 2.75) is 19.5 Å². The first-order valence-corrected chi connectivity index (χ1v) is 10.1. The first-order chi connectivity index (χ1) is 14.0. The molecule has 0 amide bonds. The Bertz CT molecular complexity index is 1010. The van der Waals surface area contributed by atoms with E-state index in [1.807, 2.05) is 36.4 Å². The second-order valence-corrected chi connectivity index (χ2v) is 8.03. The summed E-state index contributed by atoms with van der Waals surface area (Å²) in [6.45, 7) is 5.53. The van der Waals surface area contributed by atoms with Crippen molar-refractivity contribution < 1.29 is 9.53 Å². The van der Waals surface area contributed by atoms with Crippen molar-refractivity contribution in [3.63, 3.8) is 0 Å². The molecule has 4 heteroatoms. The van der Waals surface area contributed by atoms with E-state index >= 15 is 0 Å². The molecule has 1 unspecified atom stereocenters. The normalized spacial score (nSPS) is 18.1. The van der Waals surface area contributed by atoms with Gasteiger partial charge in [-0.2, -0.15) is 0 Å². The number of methoxy groups -OCH3 is 1. The lowest BCUT2D eigenvalue weighted by molar-refractivity contribution is 0.0578. The van der Waals surface area contributed by atoms with E-state index in [0.29, 0.717) is 0 Å². The molecule has 0 radical (unpaired) electrons. The summed E-state index contributed by atoms with van der Waals surface area (Å²) < 4.78 is 5.31. The third kappa shape index (κ3) is 4.34. The highest BCUT2D eigenvalue weighted by Crippen LogP contribution is 2.24. The van der Waals surface area contributed by atoms with Gasteiger partial charge < -0.3 is 9.64 Å². The van der Waals surface area contributed by atoms with Gasteiger partial charge in [-0.15, -0.1) is 0 Å². The van der Waals surface area contributed by atoms with E-state index in [2.05, 4.69) is 48.0 Å². The monoisotopic (exact) mass is 388 g/mol. The number of hydrogen-bond acceptors (Lipinski definition) is 4. The number of nitrogens with zero attached hydrogens (tertiary/aromatic N) is 2. The van der Waals surface area contributed by atoms with Crippen molar-refractivity contribution in [1.82, 2.24) is 9.80 Å². The highest BCUT2D eigenvalue weighted by Gasteiger charge is 2.31. The lowest BCUT2D eigenvalue weighted by Gasteiger charge is -2.39. The Balaban J connectivity index is 1.59. The Hall–Kier alpha value is -2.69. The van der Waals surface area contributed by atoms with Crippen molar-refractivity contribution in [1.29, 1.82) is 0 Å². The summed E-state index contributed by atoms with van der Waals surface area (Å²) in [6.07, 6.45) is 0. The minimum Gasteiger partial charge on any atom is -0.497 e. The number of piperazine rings is 1. The van der Waals surface area contributed by atoms with Crippen LogP contribution in [0.3, 0.4) is 0 Å². The molecule has 1 atom stereocenters. The van der Waals surface area contributed by atoms with Crippen LogP contribution in [0.5, 0.6) is 5.75 Å². The summed E-state index contributed by atoms with van der Waals surface area (Å²) >= 11 is 0. The van der Waals surface area contributed by atoms with Gasteiger partial charge in [-0.1, -0.05) is 48.0 Å². The average molecular weight is 389 g/mol. The Kier molecular flexibility index (Phi) is 5.65. The molecular formula is C25H28N2O2. The predicted octanol–water partition coefficient (Wildman–Crippen LogP) is 4.16. The number of benzene rings is 3. The van der Waals surface area contributed by atoms with E-state index < -0.39 is 0 Å². The van der Waals surface area contributed by atoms with Crippen molar-refractivity contribution in [3.8, 4) is 5.75 Å². The Labute approximate surface area is 172 Å². The fourth-order valence-corrected chi connectivity index (χ4v) is 4.02. The van der Waals surface area contributed by atoms with Crippen LogP contribution in [-0.4, -0.2) is 55.4 Å². The zero-order valence-electron chi connectivity index (χ0n) is 17.4. The van der Waals surface area contributed by atoms with Crippen LogP contribution in [0, 0.1) is 6.92 Å². The minimum atomic E-state index is -0.134. The van der Waals surface area contributed by atoms with E-state index in [-0.39, 0.29) is 11.8 Å². The fraction of sp³-hybridized carbons (Fsp3) is 0.320. The van der Waals surface area contributed by atoms with Crippen LogP contribution >= 0.6 is 0 Å². The molecule has 0 bridgehead atoms. The van der Waals surface area contributed by atoms with Crippen LogP contribution in [-0.2, 0) is 6.54 Å². The quantitative estimate of drug-likeness (QED) is 0.615. The van der Waals surface area contributed by atoms with E-state index in [1.54, 1.807) is 7.11 Å². The second kappa shape index (κ2) is 8.36. The van der Waals surface area contributed by atoms with Crippen LogP contribution < -0.4 is 4.74 Å². The Morgan fingerprint density at radius 3 is 2.48 bits per heavy atom. The third-order valence-electron chi connectivity index (χ3n) is 5.84. The number of rotatable bonds is 5.